The molecular weight excluding hydrogens is 340 g/mol. The number of amides is 1. The SMILES string of the molecule is COc1ccccc1N1CCN(CCC(=O)Nc2ccc(C#N)cc2)CC1. The van der Waals surface area contributed by atoms with Crippen LogP contribution < -0.4 is 15.0 Å². The Morgan fingerprint density at radius 2 is 1.81 bits per heavy atom. The van der Waals surface area contributed by atoms with Gasteiger partial charge in [0.1, 0.15) is 5.75 Å². The molecule has 0 atom stereocenters. The van der Waals surface area contributed by atoms with Crippen molar-refractivity contribution in [2.75, 3.05) is 50.1 Å². The number of anilines is 2. The van der Waals surface area contributed by atoms with E-state index in [4.69, 9.17) is 10.00 Å². The van der Waals surface area contributed by atoms with Crippen molar-refractivity contribution < 1.29 is 9.53 Å². The summed E-state index contributed by atoms with van der Waals surface area (Å²) in [5.74, 6) is 0.889. The molecule has 1 aliphatic rings. The monoisotopic (exact) mass is 364 g/mol. The molecule has 27 heavy (non-hydrogen) atoms. The maximum Gasteiger partial charge on any atom is 0.225 e. The number of hydrogen-bond donors (Lipinski definition) is 1. The number of ether oxygens (including phenoxy) is 1. The van der Waals surface area contributed by atoms with Crippen LogP contribution in [0, 0.1) is 11.3 Å². The van der Waals surface area contributed by atoms with Gasteiger partial charge in [-0.25, -0.2) is 0 Å². The molecule has 1 aliphatic heterocycles. The Kier molecular flexibility index (Phi) is 6.29. The number of methoxy groups -OCH3 is 1. The third-order valence-electron chi connectivity index (χ3n) is 4.75. The minimum absolute atomic E-state index is 0.00753. The molecule has 3 rings (SSSR count). The van der Waals surface area contributed by atoms with E-state index in [-0.39, 0.29) is 5.91 Å². The molecule has 0 radical (unpaired) electrons. The first-order valence-electron chi connectivity index (χ1n) is 9.10. The molecule has 0 saturated carbocycles. The molecule has 2 aromatic rings. The van der Waals surface area contributed by atoms with Gasteiger partial charge in [0, 0.05) is 44.8 Å². The van der Waals surface area contributed by atoms with E-state index < -0.39 is 0 Å². The van der Waals surface area contributed by atoms with Crippen molar-refractivity contribution in [2.45, 2.75) is 6.42 Å². The molecule has 2 aromatic carbocycles. The lowest BCUT2D eigenvalue weighted by Crippen LogP contribution is -2.47. The van der Waals surface area contributed by atoms with Crippen molar-refractivity contribution in [3.63, 3.8) is 0 Å². The van der Waals surface area contributed by atoms with Crippen molar-refractivity contribution in [2.24, 2.45) is 0 Å². The fourth-order valence-corrected chi connectivity index (χ4v) is 3.21. The normalized spacial score (nSPS) is 14.4. The first-order valence-corrected chi connectivity index (χ1v) is 9.10. The number of nitrogens with zero attached hydrogens (tertiary/aromatic N) is 3. The first kappa shape index (κ1) is 18.7. The van der Waals surface area contributed by atoms with Gasteiger partial charge in [0.05, 0.1) is 24.4 Å². The lowest BCUT2D eigenvalue weighted by Gasteiger charge is -2.36. The van der Waals surface area contributed by atoms with Gasteiger partial charge < -0.3 is 15.0 Å². The van der Waals surface area contributed by atoms with Gasteiger partial charge in [0.2, 0.25) is 5.91 Å². The average molecular weight is 364 g/mol. The zero-order valence-electron chi connectivity index (χ0n) is 15.5. The smallest absolute Gasteiger partial charge is 0.225 e. The lowest BCUT2D eigenvalue weighted by atomic mass is 10.2. The summed E-state index contributed by atoms with van der Waals surface area (Å²) in [7, 11) is 1.70. The Hall–Kier alpha value is -3.04. The van der Waals surface area contributed by atoms with E-state index in [0.717, 1.165) is 49.8 Å². The molecule has 6 heteroatoms. The summed E-state index contributed by atoms with van der Waals surface area (Å²) in [6.45, 7) is 4.40. The molecule has 1 fully saturated rings. The molecule has 0 unspecified atom stereocenters. The Bertz CT molecular complexity index is 806. The lowest BCUT2D eigenvalue weighted by molar-refractivity contribution is -0.116. The van der Waals surface area contributed by atoms with Crippen molar-refractivity contribution in [3.8, 4) is 11.8 Å². The van der Waals surface area contributed by atoms with Crippen LogP contribution in [0.15, 0.2) is 48.5 Å². The van der Waals surface area contributed by atoms with Gasteiger partial charge in [0.15, 0.2) is 0 Å². The molecule has 1 saturated heterocycles. The number of carbonyl (C=O) groups excluding carboxylic acids is 1. The maximum atomic E-state index is 12.1. The summed E-state index contributed by atoms with van der Waals surface area (Å²) in [5, 5.41) is 11.7. The fourth-order valence-electron chi connectivity index (χ4n) is 3.21. The van der Waals surface area contributed by atoms with E-state index in [1.54, 1.807) is 31.4 Å². The molecule has 6 nitrogen and oxygen atoms in total. The molecule has 0 aromatic heterocycles. The van der Waals surface area contributed by atoms with Gasteiger partial charge >= 0.3 is 0 Å². The van der Waals surface area contributed by atoms with Crippen molar-refractivity contribution >= 4 is 17.3 Å². The summed E-state index contributed by atoms with van der Waals surface area (Å²) < 4.78 is 5.45. The highest BCUT2D eigenvalue weighted by Crippen LogP contribution is 2.28. The second kappa shape index (κ2) is 9.06. The van der Waals surface area contributed by atoms with Crippen LogP contribution in [0.1, 0.15) is 12.0 Å². The van der Waals surface area contributed by atoms with Crippen LogP contribution in [0.25, 0.3) is 0 Å². The highest BCUT2D eigenvalue weighted by molar-refractivity contribution is 5.90. The molecule has 1 amide bonds. The molecule has 0 spiro atoms. The number of benzene rings is 2. The number of nitriles is 1. The number of hydrogen-bond acceptors (Lipinski definition) is 5. The van der Waals surface area contributed by atoms with Crippen LogP contribution in [-0.2, 0) is 4.79 Å². The van der Waals surface area contributed by atoms with Gasteiger partial charge in [0.25, 0.3) is 0 Å². The van der Waals surface area contributed by atoms with Crippen LogP contribution in [0.5, 0.6) is 5.75 Å². The van der Waals surface area contributed by atoms with Crippen LogP contribution in [0.4, 0.5) is 11.4 Å². The second-order valence-electron chi connectivity index (χ2n) is 6.49. The zero-order valence-corrected chi connectivity index (χ0v) is 15.5. The molecule has 0 aliphatic carbocycles. The van der Waals surface area contributed by atoms with Crippen molar-refractivity contribution in [3.05, 3.63) is 54.1 Å². The average Bonchev–Trinajstić information content (AvgIpc) is 2.73. The van der Waals surface area contributed by atoms with E-state index in [9.17, 15) is 4.79 Å². The summed E-state index contributed by atoms with van der Waals surface area (Å²) in [5.41, 5.74) is 2.43. The number of carbonyl (C=O) groups is 1. The topological polar surface area (TPSA) is 68.6 Å². The van der Waals surface area contributed by atoms with Gasteiger partial charge in [-0.3, -0.25) is 9.69 Å². The van der Waals surface area contributed by atoms with Crippen LogP contribution in [0.2, 0.25) is 0 Å². The number of piperazine rings is 1. The van der Waals surface area contributed by atoms with Crippen LogP contribution in [-0.4, -0.2) is 50.6 Å². The number of para-hydroxylation sites is 2. The quantitative estimate of drug-likeness (QED) is 0.854. The van der Waals surface area contributed by atoms with Crippen LogP contribution >= 0.6 is 0 Å². The Labute approximate surface area is 160 Å². The highest BCUT2D eigenvalue weighted by Gasteiger charge is 2.19. The molecular formula is C21H24N4O2. The largest absolute Gasteiger partial charge is 0.495 e. The highest BCUT2D eigenvalue weighted by atomic mass is 16.5. The van der Waals surface area contributed by atoms with Gasteiger partial charge in [-0.15, -0.1) is 0 Å². The summed E-state index contributed by atoms with van der Waals surface area (Å²) in [6, 6.07) is 17.0. The molecule has 1 N–H and O–H groups in total. The van der Waals surface area contributed by atoms with Crippen molar-refractivity contribution in [1.82, 2.24) is 4.90 Å². The van der Waals surface area contributed by atoms with E-state index in [2.05, 4.69) is 27.3 Å². The Balaban J connectivity index is 1.44. The summed E-state index contributed by atoms with van der Waals surface area (Å²) in [4.78, 5) is 16.8. The van der Waals surface area contributed by atoms with Gasteiger partial charge in [-0.2, -0.15) is 5.26 Å². The van der Waals surface area contributed by atoms with Gasteiger partial charge in [-0.1, -0.05) is 12.1 Å². The molecule has 1 heterocycles. The third-order valence-corrected chi connectivity index (χ3v) is 4.75. The number of rotatable bonds is 6. The third kappa shape index (κ3) is 4.99. The fraction of sp³-hybridized carbons (Fsp3) is 0.333. The van der Waals surface area contributed by atoms with Crippen molar-refractivity contribution in [1.29, 1.82) is 5.26 Å². The minimum atomic E-state index is -0.00753. The Morgan fingerprint density at radius 1 is 1.11 bits per heavy atom. The van der Waals surface area contributed by atoms with E-state index in [1.807, 2.05) is 18.2 Å². The predicted octanol–water partition coefficient (Wildman–Crippen LogP) is 2.72. The molecule has 140 valence electrons. The number of nitrogens with one attached hydrogen (secondary N) is 1. The molecule has 0 bridgehead atoms. The summed E-state index contributed by atoms with van der Waals surface area (Å²) >= 11 is 0. The summed E-state index contributed by atoms with van der Waals surface area (Å²) in [6.07, 6.45) is 0.453. The second-order valence-corrected chi connectivity index (χ2v) is 6.49. The predicted molar refractivity (Wildman–Crippen MR) is 106 cm³/mol. The van der Waals surface area contributed by atoms with Gasteiger partial charge in [-0.05, 0) is 36.4 Å². The minimum Gasteiger partial charge on any atom is -0.495 e. The zero-order chi connectivity index (χ0) is 19.1. The van der Waals surface area contributed by atoms with E-state index >= 15 is 0 Å². The van der Waals surface area contributed by atoms with E-state index in [1.165, 1.54) is 0 Å². The maximum absolute atomic E-state index is 12.1. The first-order chi connectivity index (χ1) is 13.2. The standard InChI is InChI=1S/C21H24N4O2/c1-27-20-5-3-2-4-19(20)25-14-12-24(13-15-25)11-10-21(26)23-18-8-6-17(16-22)7-9-18/h2-9H,10-15H2,1H3,(H,23,26). The Morgan fingerprint density at radius 3 is 2.48 bits per heavy atom. The van der Waals surface area contributed by atoms with Crippen LogP contribution in [0.3, 0.4) is 0 Å². The van der Waals surface area contributed by atoms with E-state index in [0.29, 0.717) is 12.0 Å².